The smallest absolute Gasteiger partial charge is 0.323 e. The van der Waals surface area contributed by atoms with Gasteiger partial charge in [-0.2, -0.15) is 0 Å². The number of urea groups is 1. The summed E-state index contributed by atoms with van der Waals surface area (Å²) >= 11 is 0. The predicted octanol–water partition coefficient (Wildman–Crippen LogP) is 3.63. The second kappa shape index (κ2) is 9.64. The highest BCUT2D eigenvalue weighted by Gasteiger charge is 2.28. The van der Waals surface area contributed by atoms with Crippen LogP contribution in [0.2, 0.25) is 0 Å². The third-order valence-corrected chi connectivity index (χ3v) is 6.40. The summed E-state index contributed by atoms with van der Waals surface area (Å²) in [5.74, 6) is 0.804. The average Bonchev–Trinajstić information content (AvgIpc) is 2.88. The van der Waals surface area contributed by atoms with Crippen LogP contribution in [0.3, 0.4) is 0 Å². The van der Waals surface area contributed by atoms with Crippen LogP contribution in [0.4, 0.5) is 20.7 Å². The van der Waals surface area contributed by atoms with Gasteiger partial charge in [0.2, 0.25) is 0 Å². The van der Waals surface area contributed by atoms with E-state index in [4.69, 9.17) is 0 Å². The number of fused-ring (bicyclic) bond motifs is 1. The maximum absolute atomic E-state index is 14.0. The Morgan fingerprint density at radius 3 is 2.58 bits per heavy atom. The van der Waals surface area contributed by atoms with E-state index < -0.39 is 0 Å². The van der Waals surface area contributed by atoms with Crippen LogP contribution in [0.25, 0.3) is 0 Å². The Morgan fingerprint density at radius 1 is 1.06 bits per heavy atom. The van der Waals surface area contributed by atoms with Crippen LogP contribution in [0.1, 0.15) is 24.8 Å². The van der Waals surface area contributed by atoms with Crippen molar-refractivity contribution in [3.05, 3.63) is 54.0 Å². The summed E-state index contributed by atoms with van der Waals surface area (Å²) < 4.78 is 14.0. The molecule has 0 aliphatic carbocycles. The molecule has 0 spiro atoms. The quantitative estimate of drug-likeness (QED) is 0.737. The van der Waals surface area contributed by atoms with Crippen molar-refractivity contribution < 1.29 is 9.18 Å². The lowest BCUT2D eigenvalue weighted by atomic mass is 10.0. The van der Waals surface area contributed by atoms with Crippen molar-refractivity contribution >= 4 is 17.5 Å². The van der Waals surface area contributed by atoms with E-state index >= 15 is 0 Å². The van der Waals surface area contributed by atoms with E-state index in [0.717, 1.165) is 68.9 Å². The number of halogens is 1. The molecular weight excluding hydrogens is 393 g/mol. The fourth-order valence-corrected chi connectivity index (χ4v) is 4.75. The van der Waals surface area contributed by atoms with Gasteiger partial charge >= 0.3 is 6.03 Å². The lowest BCUT2D eigenvalue weighted by Gasteiger charge is -2.39. The molecule has 1 aromatic carbocycles. The number of hydrogen-bond acceptors (Lipinski definition) is 4. The summed E-state index contributed by atoms with van der Waals surface area (Å²) in [4.78, 5) is 25.6. The average molecular weight is 426 g/mol. The van der Waals surface area contributed by atoms with E-state index in [2.05, 4.69) is 20.9 Å². The molecule has 0 saturated carbocycles. The van der Waals surface area contributed by atoms with Crippen LogP contribution in [0, 0.1) is 5.82 Å². The van der Waals surface area contributed by atoms with Crippen LogP contribution >= 0.6 is 0 Å². The van der Waals surface area contributed by atoms with Crippen molar-refractivity contribution in [2.45, 2.75) is 31.7 Å². The first-order chi connectivity index (χ1) is 15.0. The molecule has 7 heteroatoms. The van der Waals surface area contributed by atoms with Gasteiger partial charge in [0, 0.05) is 64.7 Å². The van der Waals surface area contributed by atoms with Crippen LogP contribution in [-0.4, -0.2) is 73.7 Å². The largest absolute Gasteiger partial charge is 0.357 e. The number of nitrogens with zero attached hydrogens (tertiary/aromatic N) is 5. The highest BCUT2D eigenvalue weighted by Crippen LogP contribution is 2.27. The summed E-state index contributed by atoms with van der Waals surface area (Å²) in [6.45, 7) is 4.46. The van der Waals surface area contributed by atoms with E-state index in [0.29, 0.717) is 12.6 Å². The zero-order chi connectivity index (χ0) is 21.8. The van der Waals surface area contributed by atoms with Gasteiger partial charge in [0.15, 0.2) is 0 Å². The molecule has 2 amide bonds. The molecule has 0 unspecified atom stereocenters. The van der Waals surface area contributed by atoms with Gasteiger partial charge in [0.05, 0.1) is 0 Å². The van der Waals surface area contributed by atoms with Gasteiger partial charge in [-0.15, -0.1) is 0 Å². The maximum Gasteiger partial charge on any atom is 0.323 e. The number of rotatable bonds is 2. The Balaban J connectivity index is 1.47. The van der Waals surface area contributed by atoms with Crippen LogP contribution in [-0.2, 0) is 6.42 Å². The molecule has 31 heavy (non-hydrogen) atoms. The minimum atomic E-state index is -0.245. The Hall–Kier alpha value is -2.67. The van der Waals surface area contributed by atoms with Crippen molar-refractivity contribution in [1.82, 2.24) is 14.8 Å². The van der Waals surface area contributed by atoms with Gasteiger partial charge in [-0.3, -0.25) is 9.80 Å². The minimum Gasteiger partial charge on any atom is -0.357 e. The van der Waals surface area contributed by atoms with Crippen molar-refractivity contribution in [1.29, 1.82) is 0 Å². The van der Waals surface area contributed by atoms with E-state index in [1.54, 1.807) is 31.1 Å². The SMILES string of the molecule is CN(C)C(=O)N1CCCN(C2CCN(c3ccccn3)CC2)CCc2cc(F)ccc21. The zero-order valence-electron chi connectivity index (χ0n) is 18.5. The van der Waals surface area contributed by atoms with Crippen LogP contribution < -0.4 is 9.80 Å². The number of piperidine rings is 1. The number of aromatic nitrogens is 1. The lowest BCUT2D eigenvalue weighted by molar-refractivity contribution is 0.170. The third-order valence-electron chi connectivity index (χ3n) is 6.40. The number of benzene rings is 1. The maximum atomic E-state index is 14.0. The highest BCUT2D eigenvalue weighted by molar-refractivity contribution is 5.92. The number of anilines is 2. The minimum absolute atomic E-state index is 0.0509. The molecule has 6 nitrogen and oxygen atoms in total. The van der Waals surface area contributed by atoms with E-state index in [1.165, 1.54) is 6.07 Å². The lowest BCUT2D eigenvalue weighted by Crippen LogP contribution is -2.46. The van der Waals surface area contributed by atoms with Gasteiger partial charge < -0.3 is 9.80 Å². The monoisotopic (exact) mass is 425 g/mol. The summed E-state index contributed by atoms with van der Waals surface area (Å²) in [7, 11) is 3.53. The Bertz CT molecular complexity index is 883. The molecule has 2 aromatic rings. The standard InChI is InChI=1S/C24H32FN5O/c1-27(2)24(31)30-14-5-13-28(15-9-19-18-20(25)7-8-22(19)30)21-10-16-29(17-11-21)23-6-3-4-12-26-23/h3-4,6-8,12,18,21H,5,9-11,13-17H2,1-2H3. The Morgan fingerprint density at radius 2 is 1.87 bits per heavy atom. The van der Waals surface area contributed by atoms with Crippen molar-refractivity contribution in [2.24, 2.45) is 0 Å². The van der Waals surface area contributed by atoms with Gasteiger partial charge in [-0.05, 0) is 61.6 Å². The molecular formula is C24H32FN5O. The molecule has 2 aliphatic rings. The molecule has 0 atom stereocenters. The van der Waals surface area contributed by atoms with Crippen LogP contribution in [0.15, 0.2) is 42.6 Å². The molecule has 3 heterocycles. The predicted molar refractivity (Wildman–Crippen MR) is 122 cm³/mol. The summed E-state index contributed by atoms with van der Waals surface area (Å²) in [5, 5.41) is 0. The summed E-state index contributed by atoms with van der Waals surface area (Å²) in [6, 6.07) is 11.3. The molecule has 1 fully saturated rings. The highest BCUT2D eigenvalue weighted by atomic mass is 19.1. The third kappa shape index (κ3) is 4.98. The molecule has 0 radical (unpaired) electrons. The second-order valence-corrected chi connectivity index (χ2v) is 8.65. The molecule has 166 valence electrons. The van der Waals surface area contributed by atoms with E-state index in [9.17, 15) is 9.18 Å². The van der Waals surface area contributed by atoms with Gasteiger partial charge in [0.25, 0.3) is 0 Å². The first kappa shape index (κ1) is 21.6. The van der Waals surface area contributed by atoms with E-state index in [-0.39, 0.29) is 11.8 Å². The normalized spacial score (nSPS) is 18.7. The Kier molecular flexibility index (Phi) is 6.70. The number of hydrogen-bond donors (Lipinski definition) is 0. The van der Waals surface area contributed by atoms with Gasteiger partial charge in [-0.1, -0.05) is 6.07 Å². The summed E-state index contributed by atoms with van der Waals surface area (Å²) in [6.07, 6.45) is 5.67. The number of pyridine rings is 1. The number of carbonyl (C=O) groups excluding carboxylic acids is 1. The number of carbonyl (C=O) groups is 1. The fraction of sp³-hybridized carbons (Fsp3) is 0.500. The fourth-order valence-electron chi connectivity index (χ4n) is 4.75. The first-order valence-corrected chi connectivity index (χ1v) is 11.2. The molecule has 2 aliphatic heterocycles. The molecule has 0 bridgehead atoms. The van der Waals surface area contributed by atoms with Crippen molar-refractivity contribution in [3.63, 3.8) is 0 Å². The summed E-state index contributed by atoms with van der Waals surface area (Å²) in [5.41, 5.74) is 1.75. The van der Waals surface area contributed by atoms with Crippen molar-refractivity contribution in [3.8, 4) is 0 Å². The zero-order valence-corrected chi connectivity index (χ0v) is 18.5. The molecule has 0 N–H and O–H groups in total. The van der Waals surface area contributed by atoms with Gasteiger partial charge in [-0.25, -0.2) is 14.2 Å². The first-order valence-electron chi connectivity index (χ1n) is 11.2. The molecule has 1 saturated heterocycles. The number of amides is 2. The van der Waals surface area contributed by atoms with Crippen LogP contribution in [0.5, 0.6) is 0 Å². The van der Waals surface area contributed by atoms with Gasteiger partial charge in [0.1, 0.15) is 11.6 Å². The molecule has 1 aromatic heterocycles. The second-order valence-electron chi connectivity index (χ2n) is 8.65. The van der Waals surface area contributed by atoms with E-state index in [1.807, 2.05) is 23.2 Å². The Labute approximate surface area is 184 Å². The molecule has 4 rings (SSSR count). The van der Waals surface area contributed by atoms with Crippen molar-refractivity contribution in [2.75, 3.05) is 56.6 Å². The topological polar surface area (TPSA) is 42.9 Å².